The molecule has 0 aliphatic heterocycles. The third-order valence-electron chi connectivity index (χ3n) is 5.45. The Bertz CT molecular complexity index is 1100. The average Bonchev–Trinajstić information content (AvgIpc) is 2.88. The van der Waals surface area contributed by atoms with Gasteiger partial charge in [0.25, 0.3) is 0 Å². The fourth-order valence-corrected chi connectivity index (χ4v) is 6.01. The molecule has 1 N–H and O–H groups in total. The summed E-state index contributed by atoms with van der Waals surface area (Å²) in [4.78, 5) is 25.6. The Morgan fingerprint density at radius 1 is 1.03 bits per heavy atom. The third-order valence-corrected chi connectivity index (χ3v) is 7.63. The molecule has 2 aromatic carbocycles. The number of aryl methyl sites for hydroxylation is 3. The molecule has 8 heteroatoms. The van der Waals surface area contributed by atoms with Gasteiger partial charge in [-0.25, -0.2) is 13.1 Å². The van der Waals surface area contributed by atoms with Crippen LogP contribution in [0.1, 0.15) is 41.0 Å². The highest BCUT2D eigenvalue weighted by Gasteiger charge is 2.42. The molecule has 160 valence electrons. The molecule has 5 nitrogen and oxygen atoms in total. The van der Waals surface area contributed by atoms with E-state index >= 15 is 0 Å². The summed E-state index contributed by atoms with van der Waals surface area (Å²) < 4.78 is 27.5. The lowest BCUT2D eigenvalue weighted by atomic mass is 9.86. The maximum absolute atomic E-state index is 13.0. The normalized spacial score (nSPS) is 19.5. The quantitative estimate of drug-likeness (QED) is 0.632. The lowest BCUT2D eigenvalue weighted by Crippen LogP contribution is -2.27. The molecule has 0 spiro atoms. The van der Waals surface area contributed by atoms with E-state index < -0.39 is 21.9 Å². The summed E-state index contributed by atoms with van der Waals surface area (Å²) in [6, 6.07) is 8.07. The number of benzene rings is 2. The number of carbonyl (C=O) groups is 2. The Balaban J connectivity index is 1.71. The Hall–Kier alpha value is -1.73. The van der Waals surface area contributed by atoms with Crippen LogP contribution in [0.15, 0.2) is 35.2 Å². The summed E-state index contributed by atoms with van der Waals surface area (Å²) >= 11 is 11.8. The molecule has 0 bridgehead atoms. The number of rotatable bonds is 6. The molecule has 2 atom stereocenters. The molecule has 1 saturated carbocycles. The van der Waals surface area contributed by atoms with Gasteiger partial charge in [-0.1, -0.05) is 40.9 Å². The highest BCUT2D eigenvalue weighted by atomic mass is 35.5. The van der Waals surface area contributed by atoms with Crippen LogP contribution in [0.25, 0.3) is 0 Å². The van der Waals surface area contributed by atoms with Gasteiger partial charge in [0.1, 0.15) is 16.6 Å². The van der Waals surface area contributed by atoms with Gasteiger partial charge in [-0.15, -0.1) is 0 Å². The van der Waals surface area contributed by atoms with Crippen LogP contribution in [0.5, 0.6) is 0 Å². The van der Waals surface area contributed by atoms with Crippen LogP contribution in [0.4, 0.5) is 0 Å². The van der Waals surface area contributed by atoms with Gasteiger partial charge in [0, 0.05) is 23.9 Å². The van der Waals surface area contributed by atoms with E-state index in [0.717, 1.165) is 22.3 Å². The van der Waals surface area contributed by atoms with Crippen LogP contribution in [-0.4, -0.2) is 26.5 Å². The summed E-state index contributed by atoms with van der Waals surface area (Å²) in [5, 5.41) is 0.356. The monoisotopic (exact) mass is 467 g/mol. The first-order valence-corrected chi connectivity index (χ1v) is 11.8. The first kappa shape index (κ1) is 22.9. The van der Waals surface area contributed by atoms with E-state index in [-0.39, 0.29) is 40.9 Å². The molecular weight excluding hydrogens is 445 g/mol. The highest BCUT2D eigenvalue weighted by molar-refractivity contribution is 7.89. The number of sulfonamides is 1. The van der Waals surface area contributed by atoms with Gasteiger partial charge in [-0.05, 0) is 62.1 Å². The number of Topliss-reactive ketones (excluding diaryl/α,β-unsaturated/α-hetero) is 2. The van der Waals surface area contributed by atoms with E-state index in [1.807, 2.05) is 32.9 Å². The molecule has 1 aliphatic carbocycles. The van der Waals surface area contributed by atoms with Gasteiger partial charge in [-0.3, -0.25) is 9.59 Å². The van der Waals surface area contributed by atoms with Crippen molar-refractivity contribution < 1.29 is 18.0 Å². The topological polar surface area (TPSA) is 80.3 Å². The fourth-order valence-electron chi connectivity index (χ4n) is 4.19. The molecule has 0 saturated heterocycles. The molecular formula is C22H23Cl2NO4S. The van der Waals surface area contributed by atoms with Crippen molar-refractivity contribution in [1.82, 2.24) is 4.72 Å². The second kappa shape index (κ2) is 8.79. The van der Waals surface area contributed by atoms with Gasteiger partial charge < -0.3 is 0 Å². The molecule has 2 unspecified atom stereocenters. The van der Waals surface area contributed by atoms with E-state index in [0.29, 0.717) is 5.02 Å². The van der Waals surface area contributed by atoms with Crippen molar-refractivity contribution in [2.75, 3.05) is 6.54 Å². The second-order valence-corrected chi connectivity index (χ2v) is 10.4. The van der Waals surface area contributed by atoms with Gasteiger partial charge in [-0.2, -0.15) is 0 Å². The zero-order chi connectivity index (χ0) is 22.2. The number of halogens is 2. The zero-order valence-corrected chi connectivity index (χ0v) is 19.3. The third kappa shape index (κ3) is 4.62. The first-order chi connectivity index (χ1) is 14.0. The Morgan fingerprint density at radius 3 is 2.27 bits per heavy atom. The number of nitrogens with one attached hydrogen (secondary N) is 1. The lowest BCUT2D eigenvalue weighted by Gasteiger charge is -2.16. The van der Waals surface area contributed by atoms with Crippen molar-refractivity contribution >= 4 is 44.8 Å². The van der Waals surface area contributed by atoms with Crippen molar-refractivity contribution in [3.8, 4) is 0 Å². The van der Waals surface area contributed by atoms with Crippen molar-refractivity contribution in [2.24, 2.45) is 5.92 Å². The average molecular weight is 468 g/mol. The minimum absolute atomic E-state index is 0.0208. The number of hydrogen-bond acceptors (Lipinski definition) is 4. The minimum atomic E-state index is -3.85. The smallest absolute Gasteiger partial charge is 0.242 e. The Morgan fingerprint density at radius 2 is 1.67 bits per heavy atom. The van der Waals surface area contributed by atoms with Crippen LogP contribution in [-0.2, 0) is 19.6 Å². The molecule has 2 aromatic rings. The van der Waals surface area contributed by atoms with Gasteiger partial charge >= 0.3 is 0 Å². The summed E-state index contributed by atoms with van der Waals surface area (Å²) in [6.07, 6.45) is 0.370. The molecule has 1 fully saturated rings. The molecule has 0 radical (unpaired) electrons. The van der Waals surface area contributed by atoms with Crippen LogP contribution in [0.2, 0.25) is 10.0 Å². The number of carbonyl (C=O) groups excluding carboxylic acids is 2. The fraction of sp³-hybridized carbons (Fsp3) is 0.364. The summed E-state index contributed by atoms with van der Waals surface area (Å²) in [6.45, 7) is 5.83. The van der Waals surface area contributed by atoms with Crippen molar-refractivity contribution in [1.29, 1.82) is 0 Å². The SMILES string of the molecule is Cc1cc(C)c(C2C(=O)CC(CCNS(=O)(=O)c3ccc(Cl)cc3Cl)C2=O)c(C)c1. The second-order valence-electron chi connectivity index (χ2n) is 7.78. The van der Waals surface area contributed by atoms with Crippen molar-refractivity contribution in [2.45, 2.75) is 44.4 Å². The van der Waals surface area contributed by atoms with Crippen molar-refractivity contribution in [3.05, 3.63) is 62.6 Å². The zero-order valence-electron chi connectivity index (χ0n) is 17.0. The van der Waals surface area contributed by atoms with Gasteiger partial charge in [0.05, 0.1) is 5.02 Å². The van der Waals surface area contributed by atoms with Gasteiger partial charge in [0.2, 0.25) is 10.0 Å². The van der Waals surface area contributed by atoms with Crippen molar-refractivity contribution in [3.63, 3.8) is 0 Å². The largest absolute Gasteiger partial charge is 0.298 e. The molecule has 0 aromatic heterocycles. The highest BCUT2D eigenvalue weighted by Crippen LogP contribution is 2.37. The Kier molecular flexibility index (Phi) is 6.72. The molecule has 0 heterocycles. The van der Waals surface area contributed by atoms with Crippen LogP contribution in [0, 0.1) is 26.7 Å². The summed E-state index contributed by atoms with van der Waals surface area (Å²) in [7, 11) is -3.85. The molecule has 3 rings (SSSR count). The van der Waals surface area contributed by atoms with Crippen LogP contribution in [0.3, 0.4) is 0 Å². The predicted octanol–water partition coefficient (Wildman–Crippen LogP) is 4.53. The van der Waals surface area contributed by atoms with E-state index in [4.69, 9.17) is 23.2 Å². The van der Waals surface area contributed by atoms with Gasteiger partial charge in [0.15, 0.2) is 5.78 Å². The summed E-state index contributed by atoms with van der Waals surface area (Å²) in [5.41, 5.74) is 3.72. The maximum atomic E-state index is 13.0. The van der Waals surface area contributed by atoms with Crippen LogP contribution < -0.4 is 4.72 Å². The maximum Gasteiger partial charge on any atom is 0.242 e. The first-order valence-electron chi connectivity index (χ1n) is 9.60. The van der Waals surface area contributed by atoms with E-state index in [2.05, 4.69) is 4.72 Å². The van der Waals surface area contributed by atoms with E-state index in [9.17, 15) is 18.0 Å². The van der Waals surface area contributed by atoms with E-state index in [1.165, 1.54) is 18.2 Å². The standard InChI is InChI=1S/C22H23Cl2NO4S/c1-12-8-13(2)20(14(3)9-12)21-18(26)10-15(22(21)27)6-7-25-30(28,29)19-5-4-16(23)11-17(19)24/h4-5,8-9,11,15,21,25H,6-7,10H2,1-3H3. The van der Waals surface area contributed by atoms with Crippen LogP contribution >= 0.6 is 23.2 Å². The summed E-state index contributed by atoms with van der Waals surface area (Å²) in [5.74, 6) is -1.52. The number of hydrogen-bond donors (Lipinski definition) is 1. The predicted molar refractivity (Wildman–Crippen MR) is 118 cm³/mol. The molecule has 0 amide bonds. The minimum Gasteiger partial charge on any atom is -0.298 e. The lowest BCUT2D eigenvalue weighted by molar-refractivity contribution is -0.124. The van der Waals surface area contributed by atoms with E-state index in [1.54, 1.807) is 0 Å². The molecule has 1 aliphatic rings. The number of ketones is 2. The molecule has 30 heavy (non-hydrogen) atoms. The Labute approximate surface area is 186 Å².